The van der Waals surface area contributed by atoms with Crippen molar-refractivity contribution in [3.05, 3.63) is 35.6 Å². The lowest BCUT2D eigenvalue weighted by Crippen LogP contribution is -2.43. The van der Waals surface area contributed by atoms with Crippen LogP contribution in [0.4, 0.5) is 4.39 Å². The molecule has 2 rings (SSSR count). The molecule has 1 aromatic rings. The van der Waals surface area contributed by atoms with Crippen molar-refractivity contribution in [3.8, 4) is 0 Å². The highest BCUT2D eigenvalue weighted by molar-refractivity contribution is 5.75. The zero-order valence-corrected chi connectivity index (χ0v) is 9.78. The Morgan fingerprint density at radius 1 is 1.41 bits per heavy atom. The van der Waals surface area contributed by atoms with E-state index in [9.17, 15) is 9.18 Å². The summed E-state index contributed by atoms with van der Waals surface area (Å²) in [4.78, 5) is 11.5. The molecule has 1 fully saturated rings. The Bertz CT molecular complexity index is 391. The Hall–Kier alpha value is -1.42. The average Bonchev–Trinajstić information content (AvgIpc) is 2.39. The summed E-state index contributed by atoms with van der Waals surface area (Å²) in [6, 6.07) is 6.26. The summed E-state index contributed by atoms with van der Waals surface area (Å²) in [5.74, 6) is -0.162. The molecule has 1 aliphatic heterocycles. The van der Waals surface area contributed by atoms with E-state index in [4.69, 9.17) is 4.74 Å². The molecular formula is C13H16FNO2. The molecule has 0 amide bonds. The number of methoxy groups -OCH3 is 1. The summed E-state index contributed by atoms with van der Waals surface area (Å²) in [5, 5.41) is 3.13. The lowest BCUT2D eigenvalue weighted by Gasteiger charge is -2.28. The molecule has 0 bridgehead atoms. The van der Waals surface area contributed by atoms with Crippen molar-refractivity contribution >= 4 is 5.97 Å². The van der Waals surface area contributed by atoms with Crippen molar-refractivity contribution in [2.75, 3.05) is 13.7 Å². The van der Waals surface area contributed by atoms with Crippen LogP contribution in [0.15, 0.2) is 24.3 Å². The van der Waals surface area contributed by atoms with Crippen molar-refractivity contribution in [3.63, 3.8) is 0 Å². The van der Waals surface area contributed by atoms with Gasteiger partial charge < -0.3 is 10.1 Å². The molecule has 3 nitrogen and oxygen atoms in total. The van der Waals surface area contributed by atoms with E-state index < -0.39 is 0 Å². The maximum absolute atomic E-state index is 12.8. The summed E-state index contributed by atoms with van der Waals surface area (Å²) in [7, 11) is 1.39. The van der Waals surface area contributed by atoms with Crippen LogP contribution >= 0.6 is 0 Å². The van der Waals surface area contributed by atoms with E-state index in [2.05, 4.69) is 5.32 Å². The van der Waals surface area contributed by atoms with Gasteiger partial charge in [0.2, 0.25) is 0 Å². The number of halogens is 1. The first-order valence-corrected chi connectivity index (χ1v) is 5.77. The molecule has 92 valence electrons. The molecule has 1 heterocycles. The topological polar surface area (TPSA) is 38.3 Å². The van der Waals surface area contributed by atoms with Crippen LogP contribution in [0.25, 0.3) is 0 Å². The van der Waals surface area contributed by atoms with E-state index >= 15 is 0 Å². The van der Waals surface area contributed by atoms with Crippen LogP contribution < -0.4 is 5.32 Å². The van der Waals surface area contributed by atoms with Gasteiger partial charge in [-0.3, -0.25) is 4.79 Å². The van der Waals surface area contributed by atoms with Crippen LogP contribution in [0.1, 0.15) is 24.3 Å². The molecule has 0 aliphatic carbocycles. The Kier molecular flexibility index (Phi) is 3.74. The largest absolute Gasteiger partial charge is 0.468 e. The minimum Gasteiger partial charge on any atom is -0.468 e. The van der Waals surface area contributed by atoms with Gasteiger partial charge in [-0.2, -0.15) is 0 Å². The van der Waals surface area contributed by atoms with E-state index in [0.29, 0.717) is 12.3 Å². The fraction of sp³-hybridized carbons (Fsp3) is 0.462. The average molecular weight is 237 g/mol. The second-order valence-electron chi connectivity index (χ2n) is 4.30. The van der Waals surface area contributed by atoms with Gasteiger partial charge in [0.15, 0.2) is 0 Å². The third-order valence-corrected chi connectivity index (χ3v) is 3.23. The second-order valence-corrected chi connectivity index (χ2v) is 4.30. The van der Waals surface area contributed by atoms with Crippen LogP contribution in [-0.2, 0) is 9.53 Å². The Balaban J connectivity index is 2.06. The maximum Gasteiger partial charge on any atom is 0.322 e. The predicted molar refractivity (Wildman–Crippen MR) is 62.2 cm³/mol. The Labute approximate surface area is 100.0 Å². The fourth-order valence-corrected chi connectivity index (χ4v) is 2.28. The number of hydrogen-bond acceptors (Lipinski definition) is 3. The molecule has 4 heteroatoms. The molecule has 1 saturated heterocycles. The second kappa shape index (κ2) is 5.27. The van der Waals surface area contributed by atoms with Gasteiger partial charge in [0.1, 0.15) is 11.9 Å². The van der Waals surface area contributed by atoms with Gasteiger partial charge in [0.25, 0.3) is 0 Å². The molecule has 0 aromatic heterocycles. The molecule has 0 saturated carbocycles. The van der Waals surface area contributed by atoms with E-state index in [-0.39, 0.29) is 17.8 Å². The molecule has 2 atom stereocenters. The first kappa shape index (κ1) is 12.0. The number of carbonyl (C=O) groups is 1. The molecule has 0 radical (unpaired) electrons. The maximum atomic E-state index is 12.8. The van der Waals surface area contributed by atoms with Crippen molar-refractivity contribution in [1.82, 2.24) is 5.32 Å². The van der Waals surface area contributed by atoms with E-state index in [1.165, 1.54) is 19.2 Å². The molecular weight excluding hydrogens is 221 g/mol. The summed E-state index contributed by atoms with van der Waals surface area (Å²) in [6.45, 7) is 0.780. The van der Waals surface area contributed by atoms with Gasteiger partial charge in [-0.05, 0) is 43.0 Å². The Morgan fingerprint density at radius 3 is 2.76 bits per heavy atom. The number of nitrogens with one attached hydrogen (secondary N) is 1. The number of hydrogen-bond donors (Lipinski definition) is 1. The summed E-state index contributed by atoms with van der Waals surface area (Å²) < 4.78 is 17.6. The lowest BCUT2D eigenvalue weighted by atomic mass is 9.86. The zero-order valence-electron chi connectivity index (χ0n) is 9.78. The van der Waals surface area contributed by atoms with Crippen LogP contribution in [0.5, 0.6) is 0 Å². The zero-order chi connectivity index (χ0) is 12.3. The van der Waals surface area contributed by atoms with Crippen LogP contribution in [0, 0.1) is 5.82 Å². The predicted octanol–water partition coefficient (Wildman–Crippen LogP) is 1.83. The molecule has 0 unspecified atom stereocenters. The van der Waals surface area contributed by atoms with Crippen molar-refractivity contribution in [2.24, 2.45) is 0 Å². The van der Waals surface area contributed by atoms with Gasteiger partial charge >= 0.3 is 5.97 Å². The number of ether oxygens (including phenoxy) is 1. The molecule has 17 heavy (non-hydrogen) atoms. The van der Waals surface area contributed by atoms with Gasteiger partial charge in [-0.15, -0.1) is 0 Å². The van der Waals surface area contributed by atoms with Crippen molar-refractivity contribution < 1.29 is 13.9 Å². The highest BCUT2D eigenvalue weighted by atomic mass is 19.1. The number of carbonyl (C=O) groups excluding carboxylic acids is 1. The molecule has 1 aromatic carbocycles. The van der Waals surface area contributed by atoms with Crippen molar-refractivity contribution in [1.29, 1.82) is 0 Å². The first-order chi connectivity index (χ1) is 8.20. The molecule has 1 aliphatic rings. The molecule has 1 N–H and O–H groups in total. The number of rotatable bonds is 2. The summed E-state index contributed by atoms with van der Waals surface area (Å²) >= 11 is 0. The third kappa shape index (κ3) is 2.82. The minimum absolute atomic E-state index is 0.225. The standard InChI is InChI=1S/C13H16FNO2/c1-17-13(16)12-8-10(6-7-15-12)9-2-4-11(14)5-3-9/h2-5,10,12,15H,6-8H2,1H3/t10-,12+/m1/s1. The van der Waals surface area contributed by atoms with Gasteiger partial charge in [-0.25, -0.2) is 4.39 Å². The number of esters is 1. The van der Waals surface area contributed by atoms with Crippen LogP contribution in [-0.4, -0.2) is 25.7 Å². The summed E-state index contributed by atoms with van der Waals surface area (Å²) in [6.07, 6.45) is 1.66. The quantitative estimate of drug-likeness (QED) is 0.797. The minimum atomic E-state index is -0.246. The van der Waals surface area contributed by atoms with E-state index in [1.807, 2.05) is 0 Å². The van der Waals surface area contributed by atoms with Gasteiger partial charge in [0.05, 0.1) is 7.11 Å². The first-order valence-electron chi connectivity index (χ1n) is 5.77. The van der Waals surface area contributed by atoms with Crippen molar-refractivity contribution in [2.45, 2.75) is 24.8 Å². The number of piperidine rings is 1. The highest BCUT2D eigenvalue weighted by Gasteiger charge is 2.28. The fourth-order valence-electron chi connectivity index (χ4n) is 2.28. The van der Waals surface area contributed by atoms with E-state index in [0.717, 1.165) is 18.5 Å². The van der Waals surface area contributed by atoms with Gasteiger partial charge in [-0.1, -0.05) is 12.1 Å². The SMILES string of the molecule is COC(=O)[C@@H]1C[C@H](c2ccc(F)cc2)CCN1. The Morgan fingerprint density at radius 2 is 2.12 bits per heavy atom. The highest BCUT2D eigenvalue weighted by Crippen LogP contribution is 2.28. The monoisotopic (exact) mass is 237 g/mol. The third-order valence-electron chi connectivity index (χ3n) is 3.23. The van der Waals surface area contributed by atoms with E-state index in [1.54, 1.807) is 12.1 Å². The van der Waals surface area contributed by atoms with Gasteiger partial charge in [0, 0.05) is 0 Å². The smallest absolute Gasteiger partial charge is 0.322 e. The number of benzene rings is 1. The van der Waals surface area contributed by atoms with Crippen LogP contribution in [0.2, 0.25) is 0 Å². The normalized spacial score (nSPS) is 24.4. The summed E-state index contributed by atoms with van der Waals surface area (Å²) in [5.41, 5.74) is 1.09. The molecule has 0 spiro atoms. The lowest BCUT2D eigenvalue weighted by molar-refractivity contribution is -0.143. The van der Waals surface area contributed by atoms with Crippen LogP contribution in [0.3, 0.4) is 0 Å².